The number of rotatable bonds is 24. The molecule has 0 bridgehead atoms. The molecule has 0 saturated heterocycles. The van der Waals surface area contributed by atoms with Crippen LogP contribution in [0, 0.1) is 11.8 Å². The van der Waals surface area contributed by atoms with E-state index in [0.29, 0.717) is 30.1 Å². The fraction of sp³-hybridized carbons (Fsp3) is 0.703. The molecule has 0 aromatic heterocycles. The predicted octanol–water partition coefficient (Wildman–Crippen LogP) is 5.73. The lowest BCUT2D eigenvalue weighted by molar-refractivity contribution is -0.145. The zero-order chi connectivity index (χ0) is 37.5. The second-order valence-electron chi connectivity index (χ2n) is 13.2. The van der Waals surface area contributed by atoms with Crippen LogP contribution in [0.3, 0.4) is 0 Å². The third kappa shape index (κ3) is 20.5. The van der Waals surface area contributed by atoms with E-state index in [0.717, 1.165) is 25.7 Å². The molecule has 0 radical (unpaired) electrons. The van der Waals surface area contributed by atoms with Gasteiger partial charge in [-0.05, 0) is 83.6 Å². The molecule has 4 N–H and O–H groups in total. The van der Waals surface area contributed by atoms with Crippen LogP contribution in [0.15, 0.2) is 34.9 Å². The maximum Gasteiger partial charge on any atom is 0.328 e. The summed E-state index contributed by atoms with van der Waals surface area (Å²) in [6.07, 6.45) is 13.7. The number of hydrogen-bond acceptors (Lipinski definition) is 8. The van der Waals surface area contributed by atoms with Gasteiger partial charge in [-0.1, -0.05) is 69.1 Å². The second-order valence-corrected chi connectivity index (χ2v) is 15.3. The molecule has 49 heavy (non-hydrogen) atoms. The van der Waals surface area contributed by atoms with Gasteiger partial charge in [0.2, 0.25) is 23.6 Å². The summed E-state index contributed by atoms with van der Waals surface area (Å²) in [6.45, 7) is 17.2. The maximum absolute atomic E-state index is 13.6. The number of hydrogen-bond donors (Lipinski definition) is 4. The molecule has 0 spiro atoms. The van der Waals surface area contributed by atoms with Crippen LogP contribution in [-0.2, 0) is 28.7 Å². The van der Waals surface area contributed by atoms with E-state index in [1.807, 2.05) is 20.1 Å². The van der Waals surface area contributed by atoms with E-state index < -0.39 is 47.9 Å². The minimum Gasteiger partial charge on any atom is -0.467 e. The summed E-state index contributed by atoms with van der Waals surface area (Å²) in [7, 11) is 1.27. The van der Waals surface area contributed by atoms with E-state index in [4.69, 9.17) is 4.74 Å². The Bertz CT molecular complexity index is 1150. The average Bonchev–Trinajstić information content (AvgIpc) is 3.03. The highest BCUT2D eigenvalue weighted by molar-refractivity contribution is 7.99. The molecular weight excluding hydrogens is 661 g/mol. The summed E-state index contributed by atoms with van der Waals surface area (Å²) in [5.41, 5.74) is 4.00. The van der Waals surface area contributed by atoms with Crippen LogP contribution < -0.4 is 21.3 Å². The van der Waals surface area contributed by atoms with E-state index in [9.17, 15) is 24.0 Å². The van der Waals surface area contributed by atoms with E-state index in [1.165, 1.54) is 42.5 Å². The third-order valence-electron chi connectivity index (χ3n) is 8.10. The van der Waals surface area contributed by atoms with Crippen molar-refractivity contribution >= 4 is 53.1 Å². The van der Waals surface area contributed by atoms with Gasteiger partial charge in [-0.2, -0.15) is 23.5 Å². The zero-order valence-corrected chi connectivity index (χ0v) is 33.5. The molecule has 5 atom stereocenters. The van der Waals surface area contributed by atoms with Crippen LogP contribution >= 0.6 is 23.5 Å². The van der Waals surface area contributed by atoms with Crippen molar-refractivity contribution in [1.29, 1.82) is 0 Å². The Morgan fingerprint density at radius 2 is 1.31 bits per heavy atom. The molecule has 0 aliphatic rings. The smallest absolute Gasteiger partial charge is 0.328 e. The normalized spacial score (nSPS) is 14.9. The summed E-state index contributed by atoms with van der Waals surface area (Å²) < 4.78 is 4.87. The number of ether oxygens (including phenoxy) is 1. The van der Waals surface area contributed by atoms with Crippen LogP contribution in [-0.4, -0.2) is 84.4 Å². The molecule has 0 rings (SSSR count). The van der Waals surface area contributed by atoms with Crippen LogP contribution in [0.25, 0.3) is 0 Å². The molecule has 0 unspecified atom stereocenters. The standard InChI is InChI=1S/C37H64N4O6S2/c1-12-28(8)33(36(45)39-30(20-21-48-11)37(46)47-10)41-35(44)32(25(4)5)40-34(43)31(38-29(9)42)23-49-22-19-27(7)18-14-17-26(6)16-13-15-24(2)3/h15,17,19,25,28,30-33H,12-14,16,18,20-23H2,1-11H3,(H,38,42)(H,39,45)(H,40,43)(H,41,44)/b26-17+,27-19+/t28-,30+,31-,32-,33-/m0/s1. The third-order valence-corrected chi connectivity index (χ3v) is 9.72. The van der Waals surface area contributed by atoms with Gasteiger partial charge in [-0.15, -0.1) is 0 Å². The lowest BCUT2D eigenvalue weighted by Gasteiger charge is -2.30. The second kappa shape index (κ2) is 26.1. The molecular formula is C37H64N4O6S2. The number of methoxy groups -OCH3 is 1. The Labute approximate surface area is 304 Å². The molecule has 12 heteroatoms. The van der Waals surface area contributed by atoms with E-state index in [2.05, 4.69) is 67.2 Å². The van der Waals surface area contributed by atoms with Gasteiger partial charge in [0, 0.05) is 18.4 Å². The summed E-state index contributed by atoms with van der Waals surface area (Å²) >= 11 is 3.07. The van der Waals surface area contributed by atoms with Crippen molar-refractivity contribution in [1.82, 2.24) is 21.3 Å². The number of allylic oxidation sites excluding steroid dienone is 5. The number of carbonyl (C=O) groups is 5. The highest BCUT2D eigenvalue weighted by Crippen LogP contribution is 2.15. The van der Waals surface area contributed by atoms with Crippen molar-refractivity contribution in [3.05, 3.63) is 34.9 Å². The van der Waals surface area contributed by atoms with Crippen molar-refractivity contribution in [3.8, 4) is 0 Å². The number of nitrogens with one attached hydrogen (secondary N) is 4. The molecule has 0 aromatic carbocycles. The van der Waals surface area contributed by atoms with Crippen LogP contribution in [0.2, 0.25) is 0 Å². The Hall–Kier alpha value is -2.73. The Kier molecular flexibility index (Phi) is 24.7. The van der Waals surface area contributed by atoms with Crippen molar-refractivity contribution in [2.24, 2.45) is 11.8 Å². The van der Waals surface area contributed by atoms with Crippen molar-refractivity contribution in [2.75, 3.05) is 30.6 Å². The van der Waals surface area contributed by atoms with Crippen LogP contribution in [0.5, 0.6) is 0 Å². The molecule has 0 fully saturated rings. The minimum atomic E-state index is -0.957. The summed E-state index contributed by atoms with van der Waals surface area (Å²) in [5, 5.41) is 11.1. The van der Waals surface area contributed by atoms with Gasteiger partial charge < -0.3 is 26.0 Å². The van der Waals surface area contributed by atoms with Gasteiger partial charge in [-0.3, -0.25) is 19.2 Å². The van der Waals surface area contributed by atoms with E-state index >= 15 is 0 Å². The van der Waals surface area contributed by atoms with Crippen LogP contribution in [0.1, 0.15) is 101 Å². The topological polar surface area (TPSA) is 143 Å². The highest BCUT2D eigenvalue weighted by atomic mass is 32.2. The lowest BCUT2D eigenvalue weighted by Crippen LogP contribution is -2.60. The Morgan fingerprint density at radius 3 is 1.84 bits per heavy atom. The maximum atomic E-state index is 13.6. The van der Waals surface area contributed by atoms with E-state index in [1.54, 1.807) is 25.6 Å². The molecule has 0 saturated carbocycles. The predicted molar refractivity (Wildman–Crippen MR) is 205 cm³/mol. The summed E-state index contributed by atoms with van der Waals surface area (Å²) in [4.78, 5) is 64.7. The minimum absolute atomic E-state index is 0.251. The zero-order valence-electron chi connectivity index (χ0n) is 31.8. The largest absolute Gasteiger partial charge is 0.467 e. The molecule has 4 amide bonds. The average molecular weight is 725 g/mol. The summed E-state index contributed by atoms with van der Waals surface area (Å²) in [6, 6.07) is -3.58. The van der Waals surface area contributed by atoms with Gasteiger partial charge in [0.25, 0.3) is 0 Å². The number of amides is 4. The van der Waals surface area contributed by atoms with Gasteiger partial charge >= 0.3 is 5.97 Å². The van der Waals surface area contributed by atoms with Gasteiger partial charge in [-0.25, -0.2) is 4.79 Å². The van der Waals surface area contributed by atoms with Gasteiger partial charge in [0.15, 0.2) is 0 Å². The SMILES string of the molecule is CC[C@H](C)[C@H](NC(=O)[C@@H](NC(=O)[C@H](CSC/C=C(\C)CC/C=C(\C)CCC=C(C)C)NC(C)=O)C(C)C)C(=O)N[C@H](CCSC)C(=O)OC. The first-order valence-corrected chi connectivity index (χ1v) is 19.9. The monoisotopic (exact) mass is 724 g/mol. The molecule has 0 aliphatic carbocycles. The quantitative estimate of drug-likeness (QED) is 0.0562. The molecule has 0 heterocycles. The fourth-order valence-electron chi connectivity index (χ4n) is 4.78. The molecule has 0 aromatic rings. The molecule has 10 nitrogen and oxygen atoms in total. The Morgan fingerprint density at radius 1 is 0.735 bits per heavy atom. The number of esters is 1. The van der Waals surface area contributed by atoms with Crippen molar-refractivity contribution < 1.29 is 28.7 Å². The van der Waals surface area contributed by atoms with E-state index in [-0.39, 0.29) is 17.7 Å². The number of carbonyl (C=O) groups excluding carboxylic acids is 5. The fourth-order valence-corrected chi connectivity index (χ4v) is 6.26. The van der Waals surface area contributed by atoms with Gasteiger partial charge in [0.1, 0.15) is 24.2 Å². The first-order chi connectivity index (χ1) is 23.1. The molecule has 0 aliphatic heterocycles. The lowest BCUT2D eigenvalue weighted by atomic mass is 9.96. The first kappa shape index (κ1) is 46.3. The van der Waals surface area contributed by atoms with Gasteiger partial charge in [0.05, 0.1) is 7.11 Å². The first-order valence-electron chi connectivity index (χ1n) is 17.3. The highest BCUT2D eigenvalue weighted by Gasteiger charge is 2.34. The van der Waals surface area contributed by atoms with Crippen LogP contribution in [0.4, 0.5) is 0 Å². The Balaban J connectivity index is 5.47. The molecule has 280 valence electrons. The van der Waals surface area contributed by atoms with Crippen molar-refractivity contribution in [2.45, 2.75) is 125 Å². The summed E-state index contributed by atoms with van der Waals surface area (Å²) in [5.74, 6) is -1.29. The van der Waals surface area contributed by atoms with Crippen molar-refractivity contribution in [3.63, 3.8) is 0 Å². The number of thioether (sulfide) groups is 2.